The fraction of sp³-hybridized carbons (Fsp3) is 0.0714. The number of aromatic hydroxyl groups is 1. The lowest BCUT2D eigenvalue weighted by Crippen LogP contribution is -2.26. The Morgan fingerprint density at radius 3 is 2.42 bits per heavy atom. The molecule has 0 fully saturated rings. The molecule has 19 heavy (non-hydrogen) atoms. The summed E-state index contributed by atoms with van der Waals surface area (Å²) in [5.74, 6) is -0.00336. The van der Waals surface area contributed by atoms with Gasteiger partial charge in [0.25, 0.3) is 5.91 Å². The first-order valence-electron chi connectivity index (χ1n) is 5.51. The van der Waals surface area contributed by atoms with Crippen molar-refractivity contribution in [1.82, 2.24) is 0 Å². The van der Waals surface area contributed by atoms with E-state index in [1.165, 1.54) is 17.0 Å². The lowest BCUT2D eigenvalue weighted by Gasteiger charge is -2.17. The van der Waals surface area contributed by atoms with Gasteiger partial charge in [0.15, 0.2) is 0 Å². The van der Waals surface area contributed by atoms with Gasteiger partial charge >= 0.3 is 0 Å². The van der Waals surface area contributed by atoms with Crippen LogP contribution in [0.5, 0.6) is 5.75 Å². The van der Waals surface area contributed by atoms with Crippen molar-refractivity contribution >= 4 is 39.1 Å². The minimum atomic E-state index is -0.167. The lowest BCUT2D eigenvalue weighted by molar-refractivity contribution is 0.0993. The van der Waals surface area contributed by atoms with Crippen LogP contribution in [0.3, 0.4) is 0 Å². The van der Waals surface area contributed by atoms with Crippen molar-refractivity contribution in [2.75, 3.05) is 11.9 Å². The van der Waals surface area contributed by atoms with E-state index in [4.69, 9.17) is 11.6 Å². The third-order valence-corrected chi connectivity index (χ3v) is 3.94. The molecule has 98 valence electrons. The molecule has 0 saturated carbocycles. The molecule has 1 N–H and O–H groups in total. The van der Waals surface area contributed by atoms with Gasteiger partial charge in [-0.15, -0.1) is 0 Å². The third kappa shape index (κ3) is 3.08. The van der Waals surface area contributed by atoms with Crippen molar-refractivity contribution in [3.05, 3.63) is 57.5 Å². The van der Waals surface area contributed by atoms with Gasteiger partial charge < -0.3 is 10.0 Å². The Kier molecular flexibility index (Phi) is 4.12. The Hall–Kier alpha value is -1.52. The highest BCUT2D eigenvalue weighted by Crippen LogP contribution is 2.25. The van der Waals surface area contributed by atoms with Gasteiger partial charge in [0.1, 0.15) is 5.75 Å². The summed E-state index contributed by atoms with van der Waals surface area (Å²) in [6.07, 6.45) is 0. The second kappa shape index (κ2) is 5.63. The maximum atomic E-state index is 12.3. The molecule has 0 aliphatic heterocycles. The second-order valence-corrected chi connectivity index (χ2v) is 5.27. The van der Waals surface area contributed by atoms with Gasteiger partial charge in [0, 0.05) is 22.8 Å². The molecule has 0 radical (unpaired) electrons. The molecule has 0 spiro atoms. The zero-order valence-electron chi connectivity index (χ0n) is 10.1. The predicted octanol–water partition coefficient (Wildman–Crippen LogP) is 4.08. The largest absolute Gasteiger partial charge is 0.508 e. The molecule has 5 heteroatoms. The normalized spacial score (nSPS) is 10.3. The molecule has 0 aromatic heterocycles. The number of hydrogen-bond donors (Lipinski definition) is 1. The summed E-state index contributed by atoms with van der Waals surface area (Å²) >= 11 is 9.26. The summed E-state index contributed by atoms with van der Waals surface area (Å²) in [7, 11) is 1.67. The van der Waals surface area contributed by atoms with E-state index in [2.05, 4.69) is 15.9 Å². The average Bonchev–Trinajstić information content (AvgIpc) is 2.41. The highest BCUT2D eigenvalue weighted by Gasteiger charge is 2.14. The Morgan fingerprint density at radius 1 is 1.21 bits per heavy atom. The number of nitrogens with zero attached hydrogens (tertiary/aromatic N) is 1. The molecule has 0 aliphatic carbocycles. The number of carbonyl (C=O) groups excluding carboxylic acids is 1. The molecule has 2 aromatic rings. The Labute approximate surface area is 124 Å². The van der Waals surface area contributed by atoms with Gasteiger partial charge in [-0.3, -0.25) is 4.79 Å². The van der Waals surface area contributed by atoms with Gasteiger partial charge in [-0.05, 0) is 58.4 Å². The first-order chi connectivity index (χ1) is 8.99. The number of rotatable bonds is 2. The van der Waals surface area contributed by atoms with Gasteiger partial charge in [0.05, 0.1) is 5.02 Å². The van der Waals surface area contributed by atoms with Crippen molar-refractivity contribution < 1.29 is 9.90 Å². The van der Waals surface area contributed by atoms with Gasteiger partial charge in [-0.1, -0.05) is 11.6 Å². The third-order valence-electron chi connectivity index (χ3n) is 2.71. The number of phenolic OH excluding ortho intramolecular Hbond substituents is 1. The fourth-order valence-corrected chi connectivity index (χ4v) is 2.04. The fourth-order valence-electron chi connectivity index (χ4n) is 1.62. The summed E-state index contributed by atoms with van der Waals surface area (Å²) in [6.45, 7) is 0. The Balaban J connectivity index is 2.28. The minimum Gasteiger partial charge on any atom is -0.508 e. The molecule has 0 heterocycles. The summed E-state index contributed by atoms with van der Waals surface area (Å²) in [6, 6.07) is 11.5. The maximum Gasteiger partial charge on any atom is 0.258 e. The molecule has 0 unspecified atom stereocenters. The molecule has 0 aliphatic rings. The molecule has 0 bridgehead atoms. The number of benzene rings is 2. The first kappa shape index (κ1) is 13.9. The van der Waals surface area contributed by atoms with Crippen LogP contribution in [0.25, 0.3) is 0 Å². The number of anilines is 1. The van der Waals surface area contributed by atoms with E-state index < -0.39 is 0 Å². The van der Waals surface area contributed by atoms with Crippen molar-refractivity contribution in [3.8, 4) is 5.75 Å². The van der Waals surface area contributed by atoms with Crippen LogP contribution >= 0.6 is 27.5 Å². The molecule has 0 atom stereocenters. The molecule has 1 amide bonds. The van der Waals surface area contributed by atoms with E-state index in [1.807, 2.05) is 0 Å². The van der Waals surface area contributed by atoms with E-state index >= 15 is 0 Å². The summed E-state index contributed by atoms with van der Waals surface area (Å²) < 4.78 is 0.748. The molecular formula is C14H11BrClNO2. The number of carbonyl (C=O) groups is 1. The average molecular weight is 341 g/mol. The van der Waals surface area contributed by atoms with Crippen molar-refractivity contribution in [1.29, 1.82) is 0 Å². The number of halogens is 2. The van der Waals surface area contributed by atoms with Crippen molar-refractivity contribution in [3.63, 3.8) is 0 Å². The number of hydrogen-bond acceptors (Lipinski definition) is 2. The smallest absolute Gasteiger partial charge is 0.258 e. The topological polar surface area (TPSA) is 40.5 Å². The first-order valence-corrected chi connectivity index (χ1v) is 6.68. The Bertz CT molecular complexity index is 613. The number of phenols is 1. The van der Waals surface area contributed by atoms with Gasteiger partial charge in [-0.2, -0.15) is 0 Å². The van der Waals surface area contributed by atoms with E-state index in [0.29, 0.717) is 16.3 Å². The zero-order chi connectivity index (χ0) is 14.0. The quantitative estimate of drug-likeness (QED) is 0.894. The van der Waals surface area contributed by atoms with Crippen LogP contribution in [0, 0.1) is 0 Å². The van der Waals surface area contributed by atoms with Crippen molar-refractivity contribution in [2.45, 2.75) is 0 Å². The van der Waals surface area contributed by atoms with Crippen molar-refractivity contribution in [2.24, 2.45) is 0 Å². The van der Waals surface area contributed by atoms with Gasteiger partial charge in [-0.25, -0.2) is 0 Å². The van der Waals surface area contributed by atoms with E-state index in [9.17, 15) is 9.90 Å². The van der Waals surface area contributed by atoms with Crippen LogP contribution in [-0.4, -0.2) is 18.1 Å². The summed E-state index contributed by atoms with van der Waals surface area (Å²) in [5, 5.41) is 9.73. The Morgan fingerprint density at radius 2 is 1.84 bits per heavy atom. The molecule has 0 saturated heterocycles. The van der Waals surface area contributed by atoms with Crippen LogP contribution in [0.15, 0.2) is 46.9 Å². The van der Waals surface area contributed by atoms with E-state index in [0.717, 1.165) is 4.47 Å². The van der Waals surface area contributed by atoms with Crippen LogP contribution < -0.4 is 4.90 Å². The van der Waals surface area contributed by atoms with Crippen LogP contribution in [0.1, 0.15) is 10.4 Å². The van der Waals surface area contributed by atoms with Crippen LogP contribution in [0.4, 0.5) is 5.69 Å². The minimum absolute atomic E-state index is 0.163. The molecule has 3 nitrogen and oxygen atoms in total. The van der Waals surface area contributed by atoms with E-state index in [1.54, 1.807) is 37.4 Å². The summed E-state index contributed by atoms with van der Waals surface area (Å²) in [5.41, 5.74) is 1.20. The molecule has 2 aromatic carbocycles. The molecule has 2 rings (SSSR count). The van der Waals surface area contributed by atoms with Crippen LogP contribution in [0.2, 0.25) is 5.02 Å². The highest BCUT2D eigenvalue weighted by molar-refractivity contribution is 9.10. The highest BCUT2D eigenvalue weighted by atomic mass is 79.9. The maximum absolute atomic E-state index is 12.3. The lowest BCUT2D eigenvalue weighted by atomic mass is 10.2. The standard InChI is InChI=1S/C14H11BrClNO2/c1-17(10-3-5-11(18)6-4-10)14(19)9-2-7-12(15)13(16)8-9/h2-8,18H,1H3. The predicted molar refractivity (Wildman–Crippen MR) is 80.0 cm³/mol. The zero-order valence-corrected chi connectivity index (χ0v) is 12.4. The SMILES string of the molecule is CN(C(=O)c1ccc(Br)c(Cl)c1)c1ccc(O)cc1. The monoisotopic (exact) mass is 339 g/mol. The van der Waals surface area contributed by atoms with E-state index in [-0.39, 0.29) is 11.7 Å². The van der Waals surface area contributed by atoms with Crippen LogP contribution in [-0.2, 0) is 0 Å². The summed E-state index contributed by atoms with van der Waals surface area (Å²) in [4.78, 5) is 13.8. The molecular weight excluding hydrogens is 330 g/mol. The number of amides is 1. The second-order valence-electron chi connectivity index (χ2n) is 4.01. The van der Waals surface area contributed by atoms with Gasteiger partial charge in [0.2, 0.25) is 0 Å².